The molecule has 2 rings (SSSR count). The van der Waals surface area contributed by atoms with E-state index in [2.05, 4.69) is 4.98 Å². The Hall–Kier alpha value is -1.25. The van der Waals surface area contributed by atoms with Crippen molar-refractivity contribution in [3.8, 4) is 0 Å². The average Bonchev–Trinajstić information content (AvgIpc) is 3.00. The second-order valence-electron chi connectivity index (χ2n) is 3.85. The minimum atomic E-state index is -0.509. The fourth-order valence-corrected chi connectivity index (χ4v) is 1.63. The number of hydrogen-bond donors (Lipinski definition) is 0. The molecule has 1 aliphatic carbocycles. The third-order valence-electron chi connectivity index (χ3n) is 2.78. The van der Waals surface area contributed by atoms with Gasteiger partial charge in [0.25, 0.3) is 0 Å². The van der Waals surface area contributed by atoms with E-state index in [9.17, 15) is 9.18 Å². The number of pyridine rings is 1. The van der Waals surface area contributed by atoms with Gasteiger partial charge in [0.15, 0.2) is 11.6 Å². The fourth-order valence-electron chi connectivity index (χ4n) is 1.63. The van der Waals surface area contributed by atoms with E-state index in [-0.39, 0.29) is 17.3 Å². The maximum Gasteiger partial charge on any atom is 0.168 e. The Labute approximate surface area is 82.2 Å². The van der Waals surface area contributed by atoms with Crippen molar-refractivity contribution in [2.45, 2.75) is 19.8 Å². The largest absolute Gasteiger partial charge is 0.294 e. The molecule has 1 atom stereocenters. The van der Waals surface area contributed by atoms with Crippen molar-refractivity contribution in [2.24, 2.45) is 11.8 Å². The van der Waals surface area contributed by atoms with E-state index in [0.717, 1.165) is 19.0 Å². The number of Topliss-reactive ketones (excluding diaryl/α,β-unsaturated/α-hetero) is 1. The summed E-state index contributed by atoms with van der Waals surface area (Å²) in [5.74, 6) is -0.181. The van der Waals surface area contributed by atoms with Gasteiger partial charge in [-0.15, -0.1) is 0 Å². The van der Waals surface area contributed by atoms with E-state index in [4.69, 9.17) is 0 Å². The Morgan fingerprint density at radius 2 is 2.36 bits per heavy atom. The summed E-state index contributed by atoms with van der Waals surface area (Å²) in [7, 11) is 0. The summed E-state index contributed by atoms with van der Waals surface area (Å²) in [6, 6.07) is 1.45. The van der Waals surface area contributed by atoms with Gasteiger partial charge in [-0.25, -0.2) is 4.39 Å². The molecular formula is C11H12FNO. The number of carbonyl (C=O) groups excluding carboxylic acids is 1. The van der Waals surface area contributed by atoms with Gasteiger partial charge in [-0.2, -0.15) is 0 Å². The zero-order chi connectivity index (χ0) is 10.1. The van der Waals surface area contributed by atoms with Crippen LogP contribution in [0.1, 0.15) is 30.1 Å². The van der Waals surface area contributed by atoms with Crippen molar-refractivity contribution in [3.63, 3.8) is 0 Å². The zero-order valence-electron chi connectivity index (χ0n) is 8.03. The highest BCUT2D eigenvalue weighted by molar-refractivity contribution is 5.98. The lowest BCUT2D eigenvalue weighted by Crippen LogP contribution is -2.14. The van der Waals surface area contributed by atoms with Gasteiger partial charge in [0.2, 0.25) is 0 Å². The average molecular weight is 193 g/mol. The summed E-state index contributed by atoms with van der Waals surface area (Å²) in [5, 5.41) is 0. The van der Waals surface area contributed by atoms with Crippen LogP contribution in [0, 0.1) is 17.7 Å². The van der Waals surface area contributed by atoms with E-state index < -0.39 is 5.82 Å². The molecule has 0 aromatic carbocycles. The number of aromatic nitrogens is 1. The molecule has 14 heavy (non-hydrogen) atoms. The minimum Gasteiger partial charge on any atom is -0.294 e. The van der Waals surface area contributed by atoms with Gasteiger partial charge in [-0.3, -0.25) is 9.78 Å². The topological polar surface area (TPSA) is 30.0 Å². The number of rotatable bonds is 3. The summed E-state index contributed by atoms with van der Waals surface area (Å²) in [6.07, 6.45) is 4.74. The Bertz CT molecular complexity index is 360. The molecule has 1 aliphatic rings. The molecule has 0 N–H and O–H groups in total. The van der Waals surface area contributed by atoms with Crippen LogP contribution in [-0.4, -0.2) is 10.8 Å². The summed E-state index contributed by atoms with van der Waals surface area (Å²) >= 11 is 0. The van der Waals surface area contributed by atoms with Crippen molar-refractivity contribution in [1.29, 1.82) is 0 Å². The van der Waals surface area contributed by atoms with Crippen LogP contribution >= 0.6 is 0 Å². The molecule has 0 amide bonds. The SMILES string of the molecule is CC(C(=O)c1ccncc1F)C1CC1. The van der Waals surface area contributed by atoms with Crippen molar-refractivity contribution in [1.82, 2.24) is 4.98 Å². The highest BCUT2D eigenvalue weighted by Crippen LogP contribution is 2.38. The van der Waals surface area contributed by atoms with Gasteiger partial charge < -0.3 is 0 Å². The number of nitrogens with zero attached hydrogens (tertiary/aromatic N) is 1. The van der Waals surface area contributed by atoms with E-state index in [1.807, 2.05) is 6.92 Å². The molecule has 1 fully saturated rings. The van der Waals surface area contributed by atoms with Gasteiger partial charge in [-0.1, -0.05) is 6.92 Å². The van der Waals surface area contributed by atoms with Crippen molar-refractivity contribution >= 4 is 5.78 Å². The maximum absolute atomic E-state index is 13.2. The fraction of sp³-hybridized carbons (Fsp3) is 0.455. The zero-order valence-corrected chi connectivity index (χ0v) is 8.03. The van der Waals surface area contributed by atoms with Crippen molar-refractivity contribution in [3.05, 3.63) is 29.8 Å². The molecule has 0 radical (unpaired) electrons. The molecule has 74 valence electrons. The molecule has 0 saturated heterocycles. The molecule has 1 heterocycles. The van der Waals surface area contributed by atoms with Crippen molar-refractivity contribution < 1.29 is 9.18 Å². The number of ketones is 1. The number of carbonyl (C=O) groups is 1. The monoisotopic (exact) mass is 193 g/mol. The molecule has 0 bridgehead atoms. The van der Waals surface area contributed by atoms with Crippen LogP contribution in [0.2, 0.25) is 0 Å². The first kappa shape index (κ1) is 9.31. The van der Waals surface area contributed by atoms with Crippen LogP contribution in [0.4, 0.5) is 4.39 Å². The van der Waals surface area contributed by atoms with Gasteiger partial charge in [0.05, 0.1) is 11.8 Å². The molecule has 0 aliphatic heterocycles. The van der Waals surface area contributed by atoms with Crippen LogP contribution in [0.25, 0.3) is 0 Å². The third-order valence-corrected chi connectivity index (χ3v) is 2.78. The van der Waals surface area contributed by atoms with Gasteiger partial charge in [0, 0.05) is 12.1 Å². The van der Waals surface area contributed by atoms with Crippen LogP contribution < -0.4 is 0 Å². The summed E-state index contributed by atoms with van der Waals surface area (Å²) < 4.78 is 13.2. The highest BCUT2D eigenvalue weighted by atomic mass is 19.1. The summed E-state index contributed by atoms with van der Waals surface area (Å²) in [4.78, 5) is 15.4. The molecule has 1 unspecified atom stereocenters. The Balaban J connectivity index is 2.21. The molecule has 1 saturated carbocycles. The van der Waals surface area contributed by atoms with Gasteiger partial charge >= 0.3 is 0 Å². The second-order valence-corrected chi connectivity index (χ2v) is 3.85. The quantitative estimate of drug-likeness (QED) is 0.690. The number of halogens is 1. The van der Waals surface area contributed by atoms with Crippen LogP contribution in [0.15, 0.2) is 18.5 Å². The third kappa shape index (κ3) is 1.67. The second kappa shape index (κ2) is 3.48. The first-order valence-corrected chi connectivity index (χ1v) is 4.84. The molecule has 3 heteroatoms. The maximum atomic E-state index is 13.2. The first-order valence-electron chi connectivity index (χ1n) is 4.84. The molecule has 2 nitrogen and oxygen atoms in total. The molecule has 1 aromatic rings. The lowest BCUT2D eigenvalue weighted by atomic mass is 9.95. The summed E-state index contributed by atoms with van der Waals surface area (Å²) in [6.45, 7) is 1.87. The summed E-state index contributed by atoms with van der Waals surface area (Å²) in [5.41, 5.74) is 0.180. The standard InChI is InChI=1S/C11H12FNO/c1-7(8-2-3-8)11(14)9-4-5-13-6-10(9)12/h4-8H,2-3H2,1H3. The first-order chi connectivity index (χ1) is 6.70. The molecule has 1 aromatic heterocycles. The normalized spacial score (nSPS) is 17.9. The Morgan fingerprint density at radius 3 is 2.93 bits per heavy atom. The predicted octanol–water partition coefficient (Wildman–Crippen LogP) is 2.45. The van der Waals surface area contributed by atoms with Gasteiger partial charge in [-0.05, 0) is 24.8 Å². The lowest BCUT2D eigenvalue weighted by molar-refractivity contribution is 0.0912. The number of hydrogen-bond acceptors (Lipinski definition) is 2. The van der Waals surface area contributed by atoms with E-state index >= 15 is 0 Å². The Morgan fingerprint density at radius 1 is 1.64 bits per heavy atom. The minimum absolute atomic E-state index is 0.0492. The van der Waals surface area contributed by atoms with Gasteiger partial charge in [0.1, 0.15) is 0 Å². The van der Waals surface area contributed by atoms with E-state index in [1.165, 1.54) is 12.3 Å². The highest BCUT2D eigenvalue weighted by Gasteiger charge is 2.33. The smallest absolute Gasteiger partial charge is 0.168 e. The predicted molar refractivity (Wildman–Crippen MR) is 50.4 cm³/mol. The van der Waals surface area contributed by atoms with Crippen LogP contribution in [0.3, 0.4) is 0 Å². The van der Waals surface area contributed by atoms with E-state index in [1.54, 1.807) is 0 Å². The van der Waals surface area contributed by atoms with Crippen molar-refractivity contribution in [2.75, 3.05) is 0 Å². The van der Waals surface area contributed by atoms with Crippen LogP contribution in [-0.2, 0) is 0 Å². The molecule has 0 spiro atoms. The van der Waals surface area contributed by atoms with Crippen LogP contribution in [0.5, 0.6) is 0 Å². The lowest BCUT2D eigenvalue weighted by Gasteiger charge is -2.08. The molecular weight excluding hydrogens is 181 g/mol. The van der Waals surface area contributed by atoms with E-state index in [0.29, 0.717) is 5.92 Å². The Kier molecular flexibility index (Phi) is 2.32.